The Hall–Kier alpha value is -4.71. The molecular weight excluding hydrogens is 536 g/mol. The van der Waals surface area contributed by atoms with Crippen LogP contribution in [0.1, 0.15) is 100 Å². The molecule has 6 nitrogen and oxygen atoms in total. The fraction of sp³-hybridized carbons (Fsp3) is 0.270. The molecule has 5 rings (SSSR count). The number of nitrogens with two attached hydrogens (primary N) is 1. The van der Waals surface area contributed by atoms with Crippen molar-refractivity contribution >= 4 is 28.8 Å². The summed E-state index contributed by atoms with van der Waals surface area (Å²) in [6, 6.07) is 23.3. The number of ketones is 2. The third-order valence-electron chi connectivity index (χ3n) is 7.91. The number of hydrogen-bond acceptors (Lipinski definition) is 5. The first-order valence-electron chi connectivity index (χ1n) is 15.2. The molecule has 0 unspecified atom stereocenters. The summed E-state index contributed by atoms with van der Waals surface area (Å²) < 4.78 is 5.91. The number of ether oxygens (including phenoxy) is 1. The van der Waals surface area contributed by atoms with Crippen molar-refractivity contribution in [2.45, 2.75) is 58.8 Å². The first kappa shape index (κ1) is 29.8. The lowest BCUT2D eigenvalue weighted by Crippen LogP contribution is -2.25. The summed E-state index contributed by atoms with van der Waals surface area (Å²) in [6.45, 7) is 4.87. The van der Waals surface area contributed by atoms with Gasteiger partial charge in [-0.25, -0.2) is 0 Å². The minimum atomic E-state index is -0.399. The maximum atomic E-state index is 14.0. The average Bonchev–Trinajstić information content (AvgIpc) is 3.03. The smallest absolute Gasteiger partial charge is 0.255 e. The van der Waals surface area contributed by atoms with Crippen molar-refractivity contribution in [3.8, 4) is 16.9 Å². The summed E-state index contributed by atoms with van der Waals surface area (Å²) in [7, 11) is 0. The maximum absolute atomic E-state index is 14.0. The van der Waals surface area contributed by atoms with Crippen LogP contribution in [0, 0.1) is 0 Å². The Balaban J connectivity index is 1.53. The van der Waals surface area contributed by atoms with Gasteiger partial charge in [-0.2, -0.15) is 0 Å². The molecule has 0 aromatic heterocycles. The van der Waals surface area contributed by atoms with E-state index in [2.05, 4.69) is 19.2 Å². The molecule has 220 valence electrons. The third kappa shape index (κ3) is 6.38. The number of amides is 1. The van der Waals surface area contributed by atoms with Crippen molar-refractivity contribution in [2.75, 3.05) is 17.7 Å². The summed E-state index contributed by atoms with van der Waals surface area (Å²) in [5, 5.41) is 2.88. The minimum absolute atomic E-state index is 0.108. The van der Waals surface area contributed by atoms with Crippen LogP contribution in [0.25, 0.3) is 11.1 Å². The van der Waals surface area contributed by atoms with Crippen molar-refractivity contribution in [2.24, 2.45) is 0 Å². The highest BCUT2D eigenvalue weighted by Gasteiger charge is 2.35. The van der Waals surface area contributed by atoms with Gasteiger partial charge in [-0.05, 0) is 66.3 Å². The highest BCUT2D eigenvalue weighted by atomic mass is 16.5. The number of nitrogens with one attached hydrogen (secondary N) is 1. The molecule has 1 amide bonds. The number of anilines is 2. The second-order valence-corrected chi connectivity index (χ2v) is 11.0. The lowest BCUT2D eigenvalue weighted by atomic mass is 9.79. The Morgan fingerprint density at radius 1 is 0.744 bits per heavy atom. The van der Waals surface area contributed by atoms with Crippen LogP contribution in [0.4, 0.5) is 11.4 Å². The first-order valence-corrected chi connectivity index (χ1v) is 15.2. The number of aryl methyl sites for hydroxylation is 1. The van der Waals surface area contributed by atoms with Gasteiger partial charge in [0.25, 0.3) is 5.91 Å². The summed E-state index contributed by atoms with van der Waals surface area (Å²) in [5.41, 5.74) is 10.7. The molecule has 4 aromatic carbocycles. The molecule has 0 saturated carbocycles. The molecule has 0 saturated heterocycles. The molecule has 43 heavy (non-hydrogen) atoms. The van der Waals surface area contributed by atoms with Crippen molar-refractivity contribution < 1.29 is 19.1 Å². The topological polar surface area (TPSA) is 98.5 Å². The highest BCUT2D eigenvalue weighted by molar-refractivity contribution is 6.33. The summed E-state index contributed by atoms with van der Waals surface area (Å²) >= 11 is 0. The molecule has 0 radical (unpaired) electrons. The van der Waals surface area contributed by atoms with E-state index < -0.39 is 5.91 Å². The normalized spacial score (nSPS) is 12.0. The molecule has 0 spiro atoms. The Bertz CT molecular complexity index is 1660. The molecule has 0 aliphatic heterocycles. The van der Waals surface area contributed by atoms with Gasteiger partial charge in [0.1, 0.15) is 5.75 Å². The molecule has 1 aliphatic carbocycles. The van der Waals surface area contributed by atoms with E-state index in [9.17, 15) is 14.4 Å². The van der Waals surface area contributed by atoms with Gasteiger partial charge in [-0.3, -0.25) is 14.4 Å². The van der Waals surface area contributed by atoms with Crippen molar-refractivity contribution in [3.05, 3.63) is 112 Å². The number of unbranched alkanes of at least 4 members (excludes halogenated alkanes) is 4. The highest BCUT2D eigenvalue weighted by Crippen LogP contribution is 2.42. The molecule has 6 heteroatoms. The zero-order chi connectivity index (χ0) is 30.3. The van der Waals surface area contributed by atoms with Crippen LogP contribution in [0.2, 0.25) is 0 Å². The van der Waals surface area contributed by atoms with E-state index in [1.54, 1.807) is 42.5 Å². The Kier molecular flexibility index (Phi) is 9.35. The van der Waals surface area contributed by atoms with Gasteiger partial charge >= 0.3 is 0 Å². The second kappa shape index (κ2) is 13.5. The summed E-state index contributed by atoms with van der Waals surface area (Å²) in [5.74, 6) is -0.378. The van der Waals surface area contributed by atoms with E-state index in [1.165, 1.54) is 24.8 Å². The minimum Gasteiger partial charge on any atom is -0.494 e. The number of rotatable bonds is 12. The molecule has 0 heterocycles. The standard InChI is InChI=1S/C37H38N2O4/c1-3-5-7-8-12-24-17-19-25(20-18-24)37(42)39-34-31(38)23-30(26-13-11-14-27(22-26)43-21-6-4-2)32-33(34)36(41)29-16-10-9-15-28(29)35(32)40/h9-11,13-20,22-23H,3-8,12,21,38H2,1-2H3,(H,39,42). The van der Waals surface area contributed by atoms with Gasteiger partial charge in [-0.15, -0.1) is 0 Å². The van der Waals surface area contributed by atoms with E-state index in [0.29, 0.717) is 34.6 Å². The largest absolute Gasteiger partial charge is 0.494 e. The summed E-state index contributed by atoms with van der Waals surface area (Å²) in [4.78, 5) is 41.4. The van der Waals surface area contributed by atoms with E-state index in [-0.39, 0.29) is 39.6 Å². The number of carbonyl (C=O) groups excluding carboxylic acids is 3. The fourth-order valence-corrected chi connectivity index (χ4v) is 5.53. The van der Waals surface area contributed by atoms with Crippen LogP contribution in [0.5, 0.6) is 5.75 Å². The molecule has 0 bridgehead atoms. The van der Waals surface area contributed by atoms with E-state index in [4.69, 9.17) is 10.5 Å². The van der Waals surface area contributed by atoms with Crippen molar-refractivity contribution in [1.29, 1.82) is 0 Å². The zero-order valence-electron chi connectivity index (χ0n) is 24.9. The van der Waals surface area contributed by atoms with Crippen LogP contribution in [-0.2, 0) is 6.42 Å². The number of benzene rings is 4. The summed E-state index contributed by atoms with van der Waals surface area (Å²) in [6.07, 6.45) is 7.60. The van der Waals surface area contributed by atoms with Gasteiger partial charge < -0.3 is 15.8 Å². The van der Waals surface area contributed by atoms with Gasteiger partial charge in [0.05, 0.1) is 23.5 Å². The molecule has 3 N–H and O–H groups in total. The lowest BCUT2D eigenvalue weighted by Gasteiger charge is -2.25. The van der Waals surface area contributed by atoms with Crippen LogP contribution in [0.15, 0.2) is 78.9 Å². The number of fused-ring (bicyclic) bond motifs is 2. The van der Waals surface area contributed by atoms with Crippen LogP contribution < -0.4 is 15.8 Å². The van der Waals surface area contributed by atoms with Gasteiger partial charge in [0.2, 0.25) is 0 Å². The molecule has 0 atom stereocenters. The average molecular weight is 575 g/mol. The third-order valence-corrected chi connectivity index (χ3v) is 7.91. The van der Waals surface area contributed by atoms with Crippen LogP contribution >= 0.6 is 0 Å². The van der Waals surface area contributed by atoms with E-state index in [1.807, 2.05) is 36.4 Å². The first-order chi connectivity index (χ1) is 20.9. The SMILES string of the molecule is CCCCCCc1ccc(C(=O)Nc2c(N)cc(-c3cccc(OCCCC)c3)c3c2C(=O)c2ccccc2C3=O)cc1. The van der Waals surface area contributed by atoms with Crippen LogP contribution in [0.3, 0.4) is 0 Å². The Morgan fingerprint density at radius 2 is 1.44 bits per heavy atom. The Morgan fingerprint density at radius 3 is 2.14 bits per heavy atom. The van der Waals surface area contributed by atoms with Crippen molar-refractivity contribution in [1.82, 2.24) is 0 Å². The van der Waals surface area contributed by atoms with Crippen LogP contribution in [-0.4, -0.2) is 24.1 Å². The predicted molar refractivity (Wildman–Crippen MR) is 172 cm³/mol. The number of carbonyl (C=O) groups is 3. The number of hydrogen-bond donors (Lipinski definition) is 2. The quantitative estimate of drug-likeness (QED) is 0.115. The van der Waals surface area contributed by atoms with Gasteiger partial charge in [-0.1, -0.05) is 88.1 Å². The van der Waals surface area contributed by atoms with E-state index in [0.717, 1.165) is 25.7 Å². The van der Waals surface area contributed by atoms with Gasteiger partial charge in [0.15, 0.2) is 11.6 Å². The maximum Gasteiger partial charge on any atom is 0.255 e. The Labute approximate surface area is 253 Å². The predicted octanol–water partition coefficient (Wildman–Crippen LogP) is 8.27. The van der Waals surface area contributed by atoms with Gasteiger partial charge in [0, 0.05) is 22.3 Å². The van der Waals surface area contributed by atoms with Crippen molar-refractivity contribution in [3.63, 3.8) is 0 Å². The molecule has 1 aliphatic rings. The second-order valence-electron chi connectivity index (χ2n) is 11.0. The van der Waals surface area contributed by atoms with E-state index >= 15 is 0 Å². The molecule has 0 fully saturated rings. The zero-order valence-corrected chi connectivity index (χ0v) is 24.9. The monoisotopic (exact) mass is 574 g/mol. The number of nitrogen functional groups attached to an aromatic ring is 1. The molecule has 4 aromatic rings. The fourth-order valence-electron chi connectivity index (χ4n) is 5.53. The molecular formula is C37H38N2O4. The lowest BCUT2D eigenvalue weighted by molar-refractivity contribution is 0.0979.